The van der Waals surface area contributed by atoms with Gasteiger partial charge in [0.2, 0.25) is 5.91 Å². The van der Waals surface area contributed by atoms with Crippen molar-refractivity contribution in [1.82, 2.24) is 40.2 Å². The molecule has 51 heavy (non-hydrogen) atoms. The quantitative estimate of drug-likeness (QED) is 0.0938. The Hall–Kier alpha value is -4.33. The molecule has 6 rings (SSSR count). The number of carbonyl (C=O) groups excluding carboxylic acids is 1. The Labute approximate surface area is 301 Å². The Morgan fingerprint density at radius 3 is 2.43 bits per heavy atom. The topological polar surface area (TPSA) is 160 Å². The highest BCUT2D eigenvalue weighted by molar-refractivity contribution is 5.90. The lowest BCUT2D eigenvalue weighted by Crippen LogP contribution is -2.36. The first-order valence-corrected chi connectivity index (χ1v) is 18.2. The van der Waals surface area contributed by atoms with Crippen LogP contribution in [0.25, 0.3) is 22.5 Å². The van der Waals surface area contributed by atoms with Crippen LogP contribution in [0.2, 0.25) is 0 Å². The van der Waals surface area contributed by atoms with Crippen LogP contribution in [0.5, 0.6) is 5.75 Å². The van der Waals surface area contributed by atoms with Gasteiger partial charge in [-0.3, -0.25) is 25.0 Å². The number of aryl methyl sites for hydroxylation is 1. The molecule has 0 bridgehead atoms. The first kappa shape index (κ1) is 36.5. The predicted octanol–water partition coefficient (Wildman–Crippen LogP) is 5.56. The van der Waals surface area contributed by atoms with Crippen molar-refractivity contribution in [2.45, 2.75) is 73.0 Å². The average Bonchev–Trinajstić information content (AvgIpc) is 3.89. The van der Waals surface area contributed by atoms with Crippen LogP contribution in [0.4, 0.5) is 11.6 Å². The molecule has 2 atom stereocenters. The number of likely N-dealkylation sites (tertiary alicyclic amines) is 2. The predicted molar refractivity (Wildman–Crippen MR) is 199 cm³/mol. The highest BCUT2D eigenvalue weighted by Gasteiger charge is 2.31. The number of ether oxygens (including phenoxy) is 1. The number of hydrogen-bond donors (Lipinski definition) is 5. The number of aromatic nitrogens is 6. The molecule has 274 valence electrons. The van der Waals surface area contributed by atoms with Crippen molar-refractivity contribution >= 4 is 17.5 Å². The first-order chi connectivity index (χ1) is 24.4. The number of amides is 1. The van der Waals surface area contributed by atoms with E-state index in [1.54, 1.807) is 18.6 Å². The fraction of sp³-hybridized carbons (Fsp3) is 0.553. The molecule has 2 saturated heterocycles. The van der Waals surface area contributed by atoms with E-state index in [4.69, 9.17) is 4.74 Å². The second-order valence-corrected chi connectivity index (χ2v) is 16.0. The molecule has 4 aromatic rings. The van der Waals surface area contributed by atoms with E-state index in [9.17, 15) is 9.90 Å². The van der Waals surface area contributed by atoms with Crippen molar-refractivity contribution in [3.8, 4) is 28.3 Å². The summed E-state index contributed by atoms with van der Waals surface area (Å²) >= 11 is 0. The van der Waals surface area contributed by atoms with Crippen LogP contribution >= 0.6 is 0 Å². The number of H-pyrrole nitrogens is 2. The fourth-order valence-corrected chi connectivity index (χ4v) is 7.39. The van der Waals surface area contributed by atoms with Crippen LogP contribution in [0.15, 0.2) is 48.9 Å². The Kier molecular flexibility index (Phi) is 11.4. The second kappa shape index (κ2) is 15.9. The van der Waals surface area contributed by atoms with E-state index in [2.05, 4.69) is 78.5 Å². The minimum absolute atomic E-state index is 0.0123. The maximum atomic E-state index is 13.0. The van der Waals surface area contributed by atoms with Crippen molar-refractivity contribution in [2.24, 2.45) is 16.7 Å². The molecule has 6 heterocycles. The van der Waals surface area contributed by atoms with Crippen molar-refractivity contribution in [3.63, 3.8) is 0 Å². The lowest BCUT2D eigenvalue weighted by atomic mass is 9.88. The van der Waals surface area contributed by atoms with Gasteiger partial charge in [-0.25, -0.2) is 0 Å². The van der Waals surface area contributed by atoms with Crippen LogP contribution < -0.4 is 15.4 Å². The van der Waals surface area contributed by atoms with Crippen LogP contribution in [0.3, 0.4) is 0 Å². The SMILES string of the molecule is Cc1ccc(-c2cc(NC(=O)CC(C)(C)CN3CCC(COc4cncc(-c5cc(NC(O)CC(C)(C)CN6CCCC6)n[nH]5)c4)C3)n[nH]2)cn1. The van der Waals surface area contributed by atoms with E-state index in [0.29, 0.717) is 42.8 Å². The van der Waals surface area contributed by atoms with Gasteiger partial charge in [0.05, 0.1) is 24.2 Å². The van der Waals surface area contributed by atoms with Gasteiger partial charge in [-0.05, 0) is 81.3 Å². The largest absolute Gasteiger partial charge is 0.492 e. The summed E-state index contributed by atoms with van der Waals surface area (Å²) in [6.45, 7) is 17.2. The van der Waals surface area contributed by atoms with Crippen LogP contribution in [-0.4, -0.2) is 103 Å². The third kappa shape index (κ3) is 10.6. The summed E-state index contributed by atoms with van der Waals surface area (Å²) in [7, 11) is 0. The Morgan fingerprint density at radius 2 is 1.67 bits per heavy atom. The smallest absolute Gasteiger partial charge is 0.226 e. The maximum absolute atomic E-state index is 13.0. The number of aromatic amines is 2. The molecular formula is C38H54N10O3. The number of pyridine rings is 2. The first-order valence-electron chi connectivity index (χ1n) is 18.2. The normalized spacial score (nSPS) is 17.9. The number of carbonyl (C=O) groups is 1. The molecule has 2 aliphatic rings. The van der Waals surface area contributed by atoms with E-state index < -0.39 is 6.23 Å². The van der Waals surface area contributed by atoms with Gasteiger partial charge in [0.25, 0.3) is 0 Å². The monoisotopic (exact) mass is 698 g/mol. The van der Waals surface area contributed by atoms with Crippen LogP contribution in [0, 0.1) is 23.7 Å². The third-order valence-corrected chi connectivity index (χ3v) is 9.73. The summed E-state index contributed by atoms with van der Waals surface area (Å²) in [6.07, 6.45) is 9.18. The standard InChI is InChI=1S/C38H54N10O3/c1-26-8-9-28(20-40-26)31-15-33(45-43-31)41-36(50)18-38(4,5)25-48-13-10-27(22-48)23-51-30-14-29(19-39-21-30)32-16-34(46-44-32)42-35(49)17-37(2,3)24-47-11-6-7-12-47/h8-9,14-16,19-21,27,35,49H,6-7,10-13,17-18,22-25H2,1-5H3,(H2,42,44,46)(H2,41,43,45,50). The van der Waals surface area contributed by atoms with Crippen molar-refractivity contribution in [1.29, 1.82) is 0 Å². The van der Waals surface area contributed by atoms with Crippen molar-refractivity contribution in [2.75, 3.05) is 56.5 Å². The maximum Gasteiger partial charge on any atom is 0.226 e. The summed E-state index contributed by atoms with van der Waals surface area (Å²) in [6, 6.07) is 9.62. The number of nitrogens with zero attached hydrogens (tertiary/aromatic N) is 6. The van der Waals surface area contributed by atoms with Gasteiger partial charge in [-0.15, -0.1) is 0 Å². The number of aliphatic hydroxyl groups is 1. The zero-order valence-electron chi connectivity index (χ0n) is 30.7. The fourth-order valence-electron chi connectivity index (χ4n) is 7.39. The minimum Gasteiger partial charge on any atom is -0.492 e. The van der Waals surface area contributed by atoms with E-state index in [1.807, 2.05) is 37.3 Å². The Morgan fingerprint density at radius 1 is 0.941 bits per heavy atom. The molecule has 5 N–H and O–H groups in total. The molecule has 0 radical (unpaired) electrons. The Balaban J connectivity index is 0.928. The van der Waals surface area contributed by atoms with E-state index in [0.717, 1.165) is 73.9 Å². The molecule has 2 unspecified atom stereocenters. The molecule has 0 spiro atoms. The van der Waals surface area contributed by atoms with Crippen LogP contribution in [-0.2, 0) is 4.79 Å². The molecule has 13 heteroatoms. The zero-order valence-corrected chi connectivity index (χ0v) is 30.7. The number of aliphatic hydroxyl groups excluding tert-OH is 1. The second-order valence-electron chi connectivity index (χ2n) is 16.0. The molecule has 0 saturated carbocycles. The van der Waals surface area contributed by atoms with Gasteiger partial charge >= 0.3 is 0 Å². The molecule has 1 amide bonds. The lowest BCUT2D eigenvalue weighted by molar-refractivity contribution is -0.118. The molecule has 13 nitrogen and oxygen atoms in total. The van der Waals surface area contributed by atoms with Gasteiger partial charge < -0.3 is 30.3 Å². The average molecular weight is 699 g/mol. The van der Waals surface area contributed by atoms with Gasteiger partial charge in [-0.2, -0.15) is 10.2 Å². The number of anilines is 2. The van der Waals surface area contributed by atoms with Crippen LogP contribution in [0.1, 0.15) is 65.5 Å². The molecule has 0 aromatic carbocycles. The van der Waals surface area contributed by atoms with E-state index >= 15 is 0 Å². The van der Waals surface area contributed by atoms with Gasteiger partial charge in [0.15, 0.2) is 5.82 Å². The minimum atomic E-state index is -0.696. The summed E-state index contributed by atoms with van der Waals surface area (Å²) < 4.78 is 6.22. The summed E-state index contributed by atoms with van der Waals surface area (Å²) in [4.78, 5) is 26.6. The van der Waals surface area contributed by atoms with Gasteiger partial charge in [-0.1, -0.05) is 27.7 Å². The number of hydrogen-bond acceptors (Lipinski definition) is 10. The van der Waals surface area contributed by atoms with E-state index in [-0.39, 0.29) is 16.7 Å². The molecule has 2 aliphatic heterocycles. The molecule has 2 fully saturated rings. The molecule has 0 aliphatic carbocycles. The zero-order chi connectivity index (χ0) is 36.0. The summed E-state index contributed by atoms with van der Waals surface area (Å²) in [5, 5.41) is 31.6. The number of rotatable bonds is 16. The third-order valence-electron chi connectivity index (χ3n) is 9.73. The van der Waals surface area contributed by atoms with Crippen molar-refractivity contribution in [3.05, 3.63) is 54.6 Å². The summed E-state index contributed by atoms with van der Waals surface area (Å²) in [5.74, 6) is 2.14. The highest BCUT2D eigenvalue weighted by atomic mass is 16.5. The lowest BCUT2D eigenvalue weighted by Gasteiger charge is -2.32. The molecular weight excluding hydrogens is 644 g/mol. The highest BCUT2D eigenvalue weighted by Crippen LogP contribution is 2.30. The molecule has 4 aromatic heterocycles. The van der Waals surface area contributed by atoms with Gasteiger partial charge in [0.1, 0.15) is 17.8 Å². The van der Waals surface area contributed by atoms with Crippen molar-refractivity contribution < 1.29 is 14.6 Å². The Bertz CT molecular complexity index is 1730. The summed E-state index contributed by atoms with van der Waals surface area (Å²) in [5.41, 5.74) is 4.12. The van der Waals surface area contributed by atoms with E-state index in [1.165, 1.54) is 12.8 Å². The van der Waals surface area contributed by atoms with Gasteiger partial charge in [0, 0.05) is 73.3 Å². The number of nitrogens with one attached hydrogen (secondary N) is 4.